The molecule has 2 N–H and O–H groups in total. The van der Waals surface area contributed by atoms with Crippen molar-refractivity contribution in [2.24, 2.45) is 5.92 Å². The molecule has 1 aliphatic carbocycles. The smallest absolute Gasteiger partial charge is 0.251 e. The molecule has 0 spiro atoms. The third-order valence-electron chi connectivity index (χ3n) is 4.80. The van der Waals surface area contributed by atoms with Crippen molar-refractivity contribution in [1.29, 1.82) is 5.26 Å². The second-order valence-corrected chi connectivity index (χ2v) is 7.70. The van der Waals surface area contributed by atoms with E-state index in [1.807, 2.05) is 18.2 Å². The summed E-state index contributed by atoms with van der Waals surface area (Å²) >= 11 is 0. The summed E-state index contributed by atoms with van der Waals surface area (Å²) in [5.74, 6) is -0.380. The second kappa shape index (κ2) is 8.15. The summed E-state index contributed by atoms with van der Waals surface area (Å²) in [5, 5.41) is 14.1. The van der Waals surface area contributed by atoms with E-state index in [4.69, 9.17) is 5.26 Å². The Morgan fingerprint density at radius 1 is 1.20 bits per heavy atom. The zero-order valence-corrected chi connectivity index (χ0v) is 15.3. The highest BCUT2D eigenvalue weighted by Gasteiger charge is 2.32. The van der Waals surface area contributed by atoms with Crippen LogP contribution < -0.4 is 10.6 Å². The van der Waals surface area contributed by atoms with Gasteiger partial charge >= 0.3 is 0 Å². The predicted octanol–water partition coefficient (Wildman–Crippen LogP) is 2.91. The lowest BCUT2D eigenvalue weighted by molar-refractivity contribution is -0.123. The van der Waals surface area contributed by atoms with Gasteiger partial charge in [0.1, 0.15) is 12.6 Å². The first-order chi connectivity index (χ1) is 11.8. The first kappa shape index (κ1) is 19.0. The van der Waals surface area contributed by atoms with Crippen LogP contribution in [0.3, 0.4) is 0 Å². The van der Waals surface area contributed by atoms with Gasteiger partial charge < -0.3 is 10.6 Å². The number of benzene rings is 1. The van der Waals surface area contributed by atoms with Gasteiger partial charge in [-0.2, -0.15) is 5.26 Å². The molecule has 0 saturated heterocycles. The maximum Gasteiger partial charge on any atom is 0.251 e. The number of nitrogens with one attached hydrogen (secondary N) is 2. The normalized spacial score (nSPS) is 16.1. The van der Waals surface area contributed by atoms with Crippen LogP contribution in [0.15, 0.2) is 24.3 Å². The van der Waals surface area contributed by atoms with Crippen molar-refractivity contribution in [1.82, 2.24) is 10.6 Å². The third kappa shape index (κ3) is 5.06. The maximum absolute atomic E-state index is 12.6. The molecule has 0 aliphatic heterocycles. The van der Waals surface area contributed by atoms with Crippen LogP contribution in [0.1, 0.15) is 62.4 Å². The molecule has 2 rings (SSSR count). The Kier molecular flexibility index (Phi) is 6.19. The Morgan fingerprint density at radius 3 is 2.32 bits per heavy atom. The predicted molar refractivity (Wildman–Crippen MR) is 97.0 cm³/mol. The summed E-state index contributed by atoms with van der Waals surface area (Å²) in [6, 6.07) is 8.83. The summed E-state index contributed by atoms with van der Waals surface area (Å²) in [6.45, 7) is 6.32. The van der Waals surface area contributed by atoms with E-state index in [-0.39, 0.29) is 29.7 Å². The average Bonchev–Trinajstić information content (AvgIpc) is 3.10. The minimum Gasteiger partial charge on any atom is -0.341 e. The average molecular weight is 341 g/mol. The van der Waals surface area contributed by atoms with Crippen LogP contribution >= 0.6 is 0 Å². The van der Waals surface area contributed by atoms with E-state index in [9.17, 15) is 9.59 Å². The lowest BCUT2D eigenvalue weighted by Crippen LogP contribution is -2.50. The zero-order valence-electron chi connectivity index (χ0n) is 15.3. The van der Waals surface area contributed by atoms with E-state index in [1.54, 1.807) is 12.1 Å². The maximum atomic E-state index is 12.6. The molecule has 1 aliphatic rings. The molecule has 5 heteroatoms. The Labute approximate surface area is 149 Å². The van der Waals surface area contributed by atoms with Crippen molar-refractivity contribution in [3.8, 4) is 6.07 Å². The van der Waals surface area contributed by atoms with Crippen molar-refractivity contribution >= 4 is 11.8 Å². The Hall–Kier alpha value is -2.35. The van der Waals surface area contributed by atoms with Gasteiger partial charge in [-0.3, -0.25) is 9.59 Å². The largest absolute Gasteiger partial charge is 0.341 e. The van der Waals surface area contributed by atoms with Gasteiger partial charge in [0.15, 0.2) is 0 Å². The van der Waals surface area contributed by atoms with Gasteiger partial charge in [0, 0.05) is 5.56 Å². The number of rotatable bonds is 5. The summed E-state index contributed by atoms with van der Waals surface area (Å²) in [7, 11) is 0. The molecule has 1 saturated carbocycles. The van der Waals surface area contributed by atoms with Gasteiger partial charge in [0.2, 0.25) is 5.91 Å². The molecule has 134 valence electrons. The summed E-state index contributed by atoms with van der Waals surface area (Å²) in [6.07, 6.45) is 3.99. The highest BCUT2D eigenvalue weighted by atomic mass is 16.2. The van der Waals surface area contributed by atoms with Gasteiger partial charge in [-0.05, 0) is 41.9 Å². The van der Waals surface area contributed by atoms with E-state index in [2.05, 4.69) is 31.4 Å². The minimum atomic E-state index is -0.578. The second-order valence-electron chi connectivity index (χ2n) is 7.70. The SMILES string of the molecule is CC(C)(C)c1ccc(C(=O)N[C@H](C(=O)NCC#N)C2CCCC2)cc1. The van der Waals surface area contributed by atoms with Crippen LogP contribution in [0.4, 0.5) is 0 Å². The molecule has 0 heterocycles. The fourth-order valence-electron chi connectivity index (χ4n) is 3.27. The van der Waals surface area contributed by atoms with Crippen molar-refractivity contribution in [3.05, 3.63) is 35.4 Å². The fourth-order valence-corrected chi connectivity index (χ4v) is 3.27. The van der Waals surface area contributed by atoms with Crippen LogP contribution in [0.2, 0.25) is 0 Å². The minimum absolute atomic E-state index is 0.0264. The highest BCUT2D eigenvalue weighted by molar-refractivity contribution is 5.97. The standard InChI is InChI=1S/C20H27N3O2/c1-20(2,3)16-10-8-15(9-11-16)18(24)23-17(14-6-4-5-7-14)19(25)22-13-12-21/h8-11,14,17H,4-7,13H2,1-3H3,(H,22,25)(H,23,24)/t17-/m0/s1. The molecule has 1 atom stereocenters. The van der Waals surface area contributed by atoms with Gasteiger partial charge in [0.05, 0.1) is 6.07 Å². The first-order valence-electron chi connectivity index (χ1n) is 8.89. The molecule has 25 heavy (non-hydrogen) atoms. The van der Waals surface area contributed by atoms with E-state index < -0.39 is 6.04 Å². The van der Waals surface area contributed by atoms with Gasteiger partial charge in [-0.1, -0.05) is 45.7 Å². The summed E-state index contributed by atoms with van der Waals surface area (Å²) in [5.41, 5.74) is 1.73. The van der Waals surface area contributed by atoms with E-state index in [0.29, 0.717) is 5.56 Å². The Balaban J connectivity index is 2.10. The number of amides is 2. The lowest BCUT2D eigenvalue weighted by atomic mass is 9.86. The molecule has 1 aromatic carbocycles. The number of carbonyl (C=O) groups excluding carboxylic acids is 2. The Morgan fingerprint density at radius 2 is 1.80 bits per heavy atom. The van der Waals surface area contributed by atoms with E-state index in [0.717, 1.165) is 31.2 Å². The monoisotopic (exact) mass is 341 g/mol. The number of nitriles is 1. The third-order valence-corrected chi connectivity index (χ3v) is 4.80. The van der Waals surface area contributed by atoms with E-state index in [1.165, 1.54) is 0 Å². The fraction of sp³-hybridized carbons (Fsp3) is 0.550. The molecule has 1 aromatic rings. The molecular formula is C20H27N3O2. The summed E-state index contributed by atoms with van der Waals surface area (Å²) < 4.78 is 0. The molecule has 2 amide bonds. The van der Waals surface area contributed by atoms with Crippen molar-refractivity contribution in [2.75, 3.05) is 6.54 Å². The molecule has 0 unspecified atom stereocenters. The number of carbonyl (C=O) groups is 2. The molecule has 0 bridgehead atoms. The van der Waals surface area contributed by atoms with Crippen LogP contribution in [-0.2, 0) is 10.2 Å². The van der Waals surface area contributed by atoms with Crippen LogP contribution in [0.5, 0.6) is 0 Å². The quantitative estimate of drug-likeness (QED) is 0.808. The van der Waals surface area contributed by atoms with Crippen LogP contribution in [-0.4, -0.2) is 24.4 Å². The summed E-state index contributed by atoms with van der Waals surface area (Å²) in [4.78, 5) is 25.0. The van der Waals surface area contributed by atoms with Gasteiger partial charge in [-0.25, -0.2) is 0 Å². The van der Waals surface area contributed by atoms with Crippen LogP contribution in [0.25, 0.3) is 0 Å². The van der Waals surface area contributed by atoms with Crippen molar-refractivity contribution < 1.29 is 9.59 Å². The lowest BCUT2D eigenvalue weighted by Gasteiger charge is -2.24. The van der Waals surface area contributed by atoms with E-state index >= 15 is 0 Å². The molecule has 0 aromatic heterocycles. The number of nitrogens with zero attached hydrogens (tertiary/aromatic N) is 1. The molecule has 0 radical (unpaired) electrons. The number of hydrogen-bond acceptors (Lipinski definition) is 3. The molecular weight excluding hydrogens is 314 g/mol. The van der Waals surface area contributed by atoms with Crippen LogP contribution in [0, 0.1) is 17.2 Å². The first-order valence-corrected chi connectivity index (χ1v) is 8.89. The van der Waals surface area contributed by atoms with Gasteiger partial charge in [0.25, 0.3) is 5.91 Å². The molecule has 1 fully saturated rings. The van der Waals surface area contributed by atoms with Crippen molar-refractivity contribution in [3.63, 3.8) is 0 Å². The highest BCUT2D eigenvalue weighted by Crippen LogP contribution is 2.28. The van der Waals surface area contributed by atoms with Crippen molar-refractivity contribution in [2.45, 2.75) is 57.9 Å². The zero-order chi connectivity index (χ0) is 18.4. The topological polar surface area (TPSA) is 82.0 Å². The van der Waals surface area contributed by atoms with Gasteiger partial charge in [-0.15, -0.1) is 0 Å². The Bertz CT molecular complexity index is 647. The number of hydrogen-bond donors (Lipinski definition) is 2. The molecule has 5 nitrogen and oxygen atoms in total.